The summed E-state index contributed by atoms with van der Waals surface area (Å²) in [6, 6.07) is 15.2. The maximum Gasteiger partial charge on any atom is 0.264 e. The number of thioether (sulfide) groups is 1. The number of ether oxygens (including phenoxy) is 1. The van der Waals surface area contributed by atoms with Crippen LogP contribution in [0.2, 0.25) is 0 Å². The molecule has 23 heavy (non-hydrogen) atoms. The van der Waals surface area contributed by atoms with Crippen molar-refractivity contribution in [3.63, 3.8) is 0 Å². The first-order valence-corrected chi connectivity index (χ1v) is 8.45. The minimum absolute atomic E-state index is 0.147. The molecular formula is C17H13BrN2O2S. The van der Waals surface area contributed by atoms with E-state index in [-0.39, 0.29) is 5.91 Å². The Morgan fingerprint density at radius 1 is 1.17 bits per heavy atom. The van der Waals surface area contributed by atoms with Gasteiger partial charge in [-0.25, -0.2) is 4.99 Å². The summed E-state index contributed by atoms with van der Waals surface area (Å²) in [6.07, 6.45) is 1.84. The molecule has 1 aliphatic rings. The Balaban J connectivity index is 1.84. The molecule has 1 aliphatic heterocycles. The lowest BCUT2D eigenvalue weighted by Crippen LogP contribution is -2.19. The normalized spacial score (nSPS) is 17.6. The fourth-order valence-corrected chi connectivity index (χ4v) is 3.12. The summed E-state index contributed by atoms with van der Waals surface area (Å²) in [7, 11) is 1.60. The van der Waals surface area contributed by atoms with Gasteiger partial charge in [0.15, 0.2) is 5.17 Å². The molecule has 0 bridgehead atoms. The number of carbonyl (C=O) groups excluding carboxylic acids is 1. The van der Waals surface area contributed by atoms with Crippen molar-refractivity contribution in [1.82, 2.24) is 5.32 Å². The van der Waals surface area contributed by atoms with Crippen molar-refractivity contribution >= 4 is 50.5 Å². The van der Waals surface area contributed by atoms with Crippen LogP contribution in [0.1, 0.15) is 5.56 Å². The fourth-order valence-electron chi connectivity index (χ4n) is 2.02. The molecule has 0 radical (unpaired) electrons. The number of rotatable bonds is 3. The largest absolute Gasteiger partial charge is 0.494 e. The standard InChI is InChI=1S/C17H13BrN2O2S/c1-22-14-5-3-2-4-13(14)19-17-20-16(21)15(23-17)10-11-6-8-12(18)9-7-11/h2-10H,1H3,(H,19,20,21)/b15-10-. The monoisotopic (exact) mass is 388 g/mol. The van der Waals surface area contributed by atoms with Gasteiger partial charge in [0.1, 0.15) is 11.4 Å². The molecule has 4 nitrogen and oxygen atoms in total. The van der Waals surface area contributed by atoms with Crippen LogP contribution in [0.25, 0.3) is 6.08 Å². The topological polar surface area (TPSA) is 50.7 Å². The van der Waals surface area contributed by atoms with E-state index in [2.05, 4.69) is 26.2 Å². The van der Waals surface area contributed by atoms with Crippen molar-refractivity contribution in [1.29, 1.82) is 0 Å². The third kappa shape index (κ3) is 3.83. The van der Waals surface area contributed by atoms with E-state index in [1.54, 1.807) is 7.11 Å². The SMILES string of the molecule is COc1ccccc1N=C1NC(=O)/C(=C/c2ccc(Br)cc2)S1. The van der Waals surface area contributed by atoms with Gasteiger partial charge in [-0.1, -0.05) is 40.2 Å². The lowest BCUT2D eigenvalue weighted by molar-refractivity contribution is -0.115. The van der Waals surface area contributed by atoms with Crippen molar-refractivity contribution in [3.05, 3.63) is 63.5 Å². The summed E-state index contributed by atoms with van der Waals surface area (Å²) in [4.78, 5) is 17.2. The van der Waals surface area contributed by atoms with Crippen LogP contribution < -0.4 is 10.1 Å². The Labute approximate surface area is 146 Å². The molecule has 1 N–H and O–H groups in total. The summed E-state index contributed by atoms with van der Waals surface area (Å²) in [5.41, 5.74) is 1.65. The number of benzene rings is 2. The zero-order valence-electron chi connectivity index (χ0n) is 12.2. The molecule has 6 heteroatoms. The zero-order valence-corrected chi connectivity index (χ0v) is 14.6. The van der Waals surface area contributed by atoms with Gasteiger partial charge >= 0.3 is 0 Å². The van der Waals surface area contributed by atoms with Crippen LogP contribution in [-0.2, 0) is 4.79 Å². The van der Waals surface area contributed by atoms with Crippen molar-refractivity contribution < 1.29 is 9.53 Å². The first-order valence-electron chi connectivity index (χ1n) is 6.84. The van der Waals surface area contributed by atoms with E-state index in [9.17, 15) is 4.79 Å². The summed E-state index contributed by atoms with van der Waals surface area (Å²) in [5.74, 6) is 0.520. The van der Waals surface area contributed by atoms with Gasteiger partial charge < -0.3 is 10.1 Å². The summed E-state index contributed by atoms with van der Waals surface area (Å²) in [5, 5.41) is 3.32. The van der Waals surface area contributed by atoms with Crippen LogP contribution >= 0.6 is 27.7 Å². The van der Waals surface area contributed by atoms with Gasteiger partial charge in [0.05, 0.1) is 12.0 Å². The van der Waals surface area contributed by atoms with E-state index in [0.29, 0.717) is 21.5 Å². The van der Waals surface area contributed by atoms with Crippen molar-refractivity contribution in [2.75, 3.05) is 7.11 Å². The minimum atomic E-state index is -0.147. The van der Waals surface area contributed by atoms with E-state index in [0.717, 1.165) is 10.0 Å². The molecule has 0 atom stereocenters. The molecule has 0 aliphatic carbocycles. The van der Waals surface area contributed by atoms with Crippen LogP contribution in [0.15, 0.2) is 62.9 Å². The maximum absolute atomic E-state index is 12.1. The summed E-state index contributed by atoms with van der Waals surface area (Å²) < 4.78 is 6.27. The van der Waals surface area contributed by atoms with Crippen LogP contribution in [0.4, 0.5) is 5.69 Å². The van der Waals surface area contributed by atoms with E-state index in [1.165, 1.54) is 11.8 Å². The van der Waals surface area contributed by atoms with Gasteiger partial charge in [-0.15, -0.1) is 0 Å². The highest BCUT2D eigenvalue weighted by molar-refractivity contribution is 9.10. The van der Waals surface area contributed by atoms with Crippen molar-refractivity contribution in [2.45, 2.75) is 0 Å². The van der Waals surface area contributed by atoms with Crippen molar-refractivity contribution in [3.8, 4) is 5.75 Å². The molecular weight excluding hydrogens is 376 g/mol. The van der Waals surface area contributed by atoms with E-state index in [4.69, 9.17) is 4.74 Å². The summed E-state index contributed by atoms with van der Waals surface area (Å²) in [6.45, 7) is 0. The molecule has 1 saturated heterocycles. The quantitative estimate of drug-likeness (QED) is 0.795. The molecule has 1 heterocycles. The third-order valence-corrected chi connectivity index (χ3v) is 4.56. The predicted molar refractivity (Wildman–Crippen MR) is 97.9 cm³/mol. The first-order chi connectivity index (χ1) is 11.2. The lowest BCUT2D eigenvalue weighted by atomic mass is 10.2. The van der Waals surface area contributed by atoms with E-state index >= 15 is 0 Å². The highest BCUT2D eigenvalue weighted by atomic mass is 79.9. The molecule has 3 rings (SSSR count). The number of para-hydroxylation sites is 2. The van der Waals surface area contributed by atoms with Gasteiger partial charge in [-0.05, 0) is 47.7 Å². The minimum Gasteiger partial charge on any atom is -0.494 e. The molecule has 0 aromatic heterocycles. The molecule has 1 fully saturated rings. The number of nitrogens with one attached hydrogen (secondary N) is 1. The van der Waals surface area contributed by atoms with Gasteiger partial charge in [0.25, 0.3) is 5.91 Å². The van der Waals surface area contributed by atoms with Gasteiger partial charge in [-0.2, -0.15) is 0 Å². The Morgan fingerprint density at radius 2 is 1.91 bits per heavy atom. The molecule has 2 aromatic rings. The zero-order chi connectivity index (χ0) is 16.2. The number of hydrogen-bond acceptors (Lipinski definition) is 4. The second kappa shape index (κ2) is 7.02. The number of amides is 1. The number of halogens is 1. The van der Waals surface area contributed by atoms with Crippen LogP contribution in [-0.4, -0.2) is 18.2 Å². The van der Waals surface area contributed by atoms with Crippen molar-refractivity contribution in [2.24, 2.45) is 4.99 Å². The highest BCUT2D eigenvalue weighted by Crippen LogP contribution is 2.31. The number of amidine groups is 1. The third-order valence-electron chi connectivity index (χ3n) is 3.13. The Hall–Kier alpha value is -2.05. The number of aliphatic imine (C=N–C) groups is 1. The van der Waals surface area contributed by atoms with Gasteiger partial charge in [-0.3, -0.25) is 4.79 Å². The Bertz CT molecular complexity index is 800. The number of hydrogen-bond donors (Lipinski definition) is 1. The number of carbonyl (C=O) groups is 1. The van der Waals surface area contributed by atoms with Gasteiger partial charge in [0.2, 0.25) is 0 Å². The predicted octanol–water partition coefficient (Wildman–Crippen LogP) is 4.35. The maximum atomic E-state index is 12.1. The second-order valence-corrected chi connectivity index (χ2v) is 6.65. The average Bonchev–Trinajstić information content (AvgIpc) is 2.89. The Kier molecular flexibility index (Phi) is 4.83. The summed E-state index contributed by atoms with van der Waals surface area (Å²) >= 11 is 4.71. The molecule has 0 spiro atoms. The van der Waals surface area contributed by atoms with E-state index in [1.807, 2.05) is 54.6 Å². The number of nitrogens with zero attached hydrogens (tertiary/aromatic N) is 1. The second-order valence-electron chi connectivity index (χ2n) is 4.71. The first kappa shape index (κ1) is 15.8. The molecule has 116 valence electrons. The molecule has 1 amide bonds. The Morgan fingerprint density at radius 3 is 2.65 bits per heavy atom. The van der Waals surface area contributed by atoms with Crippen LogP contribution in [0.5, 0.6) is 5.75 Å². The van der Waals surface area contributed by atoms with E-state index < -0.39 is 0 Å². The smallest absolute Gasteiger partial charge is 0.264 e. The fraction of sp³-hybridized carbons (Fsp3) is 0.0588. The number of methoxy groups -OCH3 is 1. The van der Waals surface area contributed by atoms with Crippen LogP contribution in [0, 0.1) is 0 Å². The van der Waals surface area contributed by atoms with Crippen LogP contribution in [0.3, 0.4) is 0 Å². The van der Waals surface area contributed by atoms with Gasteiger partial charge in [0, 0.05) is 4.47 Å². The lowest BCUT2D eigenvalue weighted by Gasteiger charge is -2.03. The molecule has 0 unspecified atom stereocenters. The molecule has 0 saturated carbocycles. The molecule has 2 aromatic carbocycles. The average molecular weight is 389 g/mol. The highest BCUT2D eigenvalue weighted by Gasteiger charge is 2.24.